The Kier molecular flexibility index (Phi) is 3.64. The Hall–Kier alpha value is -3.75. The third kappa shape index (κ3) is 2.31. The highest BCUT2D eigenvalue weighted by molar-refractivity contribution is 5.88. The zero-order chi connectivity index (χ0) is 20.1. The molecule has 4 aromatic carbocycles. The Balaban J connectivity index is 1.75. The van der Waals surface area contributed by atoms with Crippen molar-refractivity contribution >= 4 is 10.9 Å². The monoisotopic (exact) mass is 385 g/mol. The van der Waals surface area contributed by atoms with Crippen molar-refractivity contribution in [2.75, 3.05) is 0 Å². The van der Waals surface area contributed by atoms with Gasteiger partial charge in [-0.2, -0.15) is 0 Å². The van der Waals surface area contributed by atoms with E-state index in [1.54, 1.807) is 0 Å². The Bertz CT molecular complexity index is 1360. The van der Waals surface area contributed by atoms with E-state index in [-0.39, 0.29) is 0 Å². The van der Waals surface area contributed by atoms with Crippen LogP contribution in [0, 0.1) is 0 Å². The van der Waals surface area contributed by atoms with Crippen LogP contribution in [0.4, 0.5) is 0 Å². The van der Waals surface area contributed by atoms with Crippen LogP contribution in [0.3, 0.4) is 0 Å². The maximum absolute atomic E-state index is 12.4. The van der Waals surface area contributed by atoms with Gasteiger partial charge in [-0.15, -0.1) is 0 Å². The topological polar surface area (TPSA) is 33.1 Å². The Morgan fingerprint density at radius 2 is 1.13 bits per heavy atom. The second-order valence-corrected chi connectivity index (χ2v) is 7.74. The van der Waals surface area contributed by atoms with Crippen molar-refractivity contribution in [1.82, 2.24) is 4.98 Å². The fraction of sp³-hybridized carbons (Fsp3) is 0.0357. The van der Waals surface area contributed by atoms with Gasteiger partial charge in [-0.3, -0.25) is 0 Å². The number of nitrogens with zero attached hydrogens (tertiary/aromatic N) is 1. The lowest BCUT2D eigenvalue weighted by molar-refractivity contribution is 0.131. The molecule has 1 aromatic heterocycles. The Morgan fingerprint density at radius 1 is 0.567 bits per heavy atom. The van der Waals surface area contributed by atoms with Crippen LogP contribution < -0.4 is 0 Å². The van der Waals surface area contributed by atoms with E-state index in [0.29, 0.717) is 0 Å². The van der Waals surface area contributed by atoms with Crippen molar-refractivity contribution in [2.45, 2.75) is 5.60 Å². The number of aliphatic hydroxyl groups is 1. The van der Waals surface area contributed by atoms with Crippen molar-refractivity contribution in [2.24, 2.45) is 0 Å². The molecule has 2 heteroatoms. The molecule has 0 saturated heterocycles. The molecular formula is C28H19NO. The smallest absolute Gasteiger partial charge is 0.143 e. The van der Waals surface area contributed by atoms with E-state index in [1.807, 2.05) is 72.8 Å². The number of fused-ring (bicyclic) bond motifs is 4. The van der Waals surface area contributed by atoms with E-state index in [9.17, 15) is 5.11 Å². The highest BCUT2D eigenvalue weighted by atomic mass is 16.3. The molecule has 0 saturated carbocycles. The molecule has 30 heavy (non-hydrogen) atoms. The van der Waals surface area contributed by atoms with Gasteiger partial charge in [0.1, 0.15) is 5.60 Å². The molecular weight excluding hydrogens is 366 g/mol. The minimum Gasteiger partial charge on any atom is -0.376 e. The summed E-state index contributed by atoms with van der Waals surface area (Å²) >= 11 is 0. The first-order chi connectivity index (χ1) is 14.8. The lowest BCUT2D eigenvalue weighted by Crippen LogP contribution is -2.27. The van der Waals surface area contributed by atoms with Gasteiger partial charge in [-0.1, -0.05) is 97.1 Å². The van der Waals surface area contributed by atoms with E-state index in [1.165, 1.54) is 0 Å². The lowest BCUT2D eigenvalue weighted by Gasteiger charge is -2.29. The quantitative estimate of drug-likeness (QED) is 0.394. The fourth-order valence-electron chi connectivity index (χ4n) is 4.71. The Morgan fingerprint density at radius 3 is 1.83 bits per heavy atom. The molecule has 1 N–H and O–H groups in total. The molecule has 0 fully saturated rings. The lowest BCUT2D eigenvalue weighted by atomic mass is 9.81. The predicted molar refractivity (Wildman–Crippen MR) is 121 cm³/mol. The van der Waals surface area contributed by atoms with Crippen LogP contribution in [0.1, 0.15) is 16.7 Å². The number of hydrogen-bond acceptors (Lipinski definition) is 2. The number of hydrogen-bond donors (Lipinski definition) is 1. The number of rotatable bonds is 2. The van der Waals surface area contributed by atoms with Crippen molar-refractivity contribution in [3.8, 4) is 22.4 Å². The molecule has 0 atom stereocenters. The molecule has 0 unspecified atom stereocenters. The standard InChI is InChI=1S/C28H19NO/c30-28(23-15-7-5-13-21(23)22-14-6-8-16-24(22)28)25-18-20-12-4-9-17-26(20)29-27(25)19-10-2-1-3-11-19/h1-18,30H. The summed E-state index contributed by atoms with van der Waals surface area (Å²) in [6.45, 7) is 0. The fourth-order valence-corrected chi connectivity index (χ4v) is 4.71. The van der Waals surface area contributed by atoms with Crippen molar-refractivity contribution < 1.29 is 5.11 Å². The molecule has 6 rings (SSSR count). The van der Waals surface area contributed by atoms with E-state index in [4.69, 9.17) is 4.98 Å². The SMILES string of the molecule is OC1(c2cc3ccccc3nc2-c2ccccc2)c2ccccc2-c2ccccc21. The molecule has 5 aromatic rings. The van der Waals surface area contributed by atoms with Crippen LogP contribution in [0.5, 0.6) is 0 Å². The van der Waals surface area contributed by atoms with Crippen LogP contribution in [-0.2, 0) is 5.60 Å². The zero-order valence-electron chi connectivity index (χ0n) is 16.3. The summed E-state index contributed by atoms with van der Waals surface area (Å²) in [4.78, 5) is 5.02. The van der Waals surface area contributed by atoms with Crippen molar-refractivity contribution in [3.63, 3.8) is 0 Å². The molecule has 0 aliphatic heterocycles. The van der Waals surface area contributed by atoms with Gasteiger partial charge in [0.2, 0.25) is 0 Å². The summed E-state index contributed by atoms with van der Waals surface area (Å²) in [5.41, 5.74) is 6.21. The number of benzene rings is 4. The summed E-state index contributed by atoms with van der Waals surface area (Å²) in [6.07, 6.45) is 0. The normalized spacial score (nSPS) is 13.8. The van der Waals surface area contributed by atoms with Crippen LogP contribution in [0.2, 0.25) is 0 Å². The molecule has 0 radical (unpaired) electrons. The van der Waals surface area contributed by atoms with Gasteiger partial charge in [-0.05, 0) is 23.3 Å². The van der Waals surface area contributed by atoms with Gasteiger partial charge >= 0.3 is 0 Å². The minimum atomic E-state index is -1.27. The second kappa shape index (κ2) is 6.38. The van der Waals surface area contributed by atoms with E-state index < -0.39 is 5.60 Å². The largest absolute Gasteiger partial charge is 0.376 e. The van der Waals surface area contributed by atoms with Gasteiger partial charge in [0.05, 0.1) is 11.2 Å². The summed E-state index contributed by atoms with van der Waals surface area (Å²) in [5.74, 6) is 0. The van der Waals surface area contributed by atoms with E-state index in [2.05, 4.69) is 36.4 Å². The summed E-state index contributed by atoms with van der Waals surface area (Å²) in [5, 5.41) is 13.4. The van der Waals surface area contributed by atoms with Gasteiger partial charge in [0, 0.05) is 27.6 Å². The first-order valence-electron chi connectivity index (χ1n) is 10.1. The first-order valence-corrected chi connectivity index (χ1v) is 10.1. The molecule has 0 amide bonds. The number of para-hydroxylation sites is 1. The zero-order valence-corrected chi connectivity index (χ0v) is 16.3. The Labute approximate surface area is 175 Å². The van der Waals surface area contributed by atoms with Crippen LogP contribution in [0.25, 0.3) is 33.3 Å². The molecule has 1 heterocycles. The number of pyridine rings is 1. The molecule has 0 bridgehead atoms. The molecule has 142 valence electrons. The second-order valence-electron chi connectivity index (χ2n) is 7.74. The van der Waals surface area contributed by atoms with Crippen molar-refractivity contribution in [1.29, 1.82) is 0 Å². The molecule has 1 aliphatic rings. The maximum atomic E-state index is 12.4. The van der Waals surface area contributed by atoms with Crippen LogP contribution in [0.15, 0.2) is 109 Å². The van der Waals surface area contributed by atoms with Crippen molar-refractivity contribution in [3.05, 3.63) is 126 Å². The van der Waals surface area contributed by atoms with Crippen LogP contribution in [-0.4, -0.2) is 10.1 Å². The predicted octanol–water partition coefficient (Wildman–Crippen LogP) is 6.17. The average Bonchev–Trinajstić information content (AvgIpc) is 3.09. The summed E-state index contributed by atoms with van der Waals surface area (Å²) in [7, 11) is 0. The van der Waals surface area contributed by atoms with Gasteiger partial charge < -0.3 is 5.11 Å². The first kappa shape index (κ1) is 17.1. The highest BCUT2D eigenvalue weighted by Gasteiger charge is 2.44. The maximum Gasteiger partial charge on any atom is 0.143 e. The summed E-state index contributed by atoms with van der Waals surface area (Å²) < 4.78 is 0. The third-order valence-corrected chi connectivity index (χ3v) is 6.08. The number of aromatic nitrogens is 1. The van der Waals surface area contributed by atoms with E-state index in [0.717, 1.165) is 50.0 Å². The molecule has 0 spiro atoms. The third-order valence-electron chi connectivity index (χ3n) is 6.08. The summed E-state index contributed by atoms with van der Waals surface area (Å²) in [6, 6.07) is 36.6. The van der Waals surface area contributed by atoms with Crippen LogP contribution >= 0.6 is 0 Å². The molecule has 1 aliphatic carbocycles. The highest BCUT2D eigenvalue weighted by Crippen LogP contribution is 2.52. The average molecular weight is 385 g/mol. The molecule has 2 nitrogen and oxygen atoms in total. The van der Waals surface area contributed by atoms with E-state index >= 15 is 0 Å². The van der Waals surface area contributed by atoms with Gasteiger partial charge in [0.15, 0.2) is 0 Å². The van der Waals surface area contributed by atoms with Gasteiger partial charge in [0.25, 0.3) is 0 Å². The van der Waals surface area contributed by atoms with Gasteiger partial charge in [-0.25, -0.2) is 4.98 Å². The minimum absolute atomic E-state index is 0.809.